The minimum absolute atomic E-state index is 0.0517. The molecule has 27 heavy (non-hydrogen) atoms. The number of halogens is 2. The van der Waals surface area contributed by atoms with Gasteiger partial charge in [0.2, 0.25) is 0 Å². The SMILES string of the molecule is CCOC(=O)c1ccc2c(c1)C1C=CCC1C(c1cc(Cl)cc(Cl)c1O)N2. The minimum Gasteiger partial charge on any atom is -0.506 e. The molecular formula is C21H19Cl2NO3. The summed E-state index contributed by atoms with van der Waals surface area (Å²) in [5, 5.41) is 14.7. The zero-order valence-corrected chi connectivity index (χ0v) is 16.2. The number of benzene rings is 2. The Hall–Kier alpha value is -2.17. The van der Waals surface area contributed by atoms with Gasteiger partial charge in [-0.3, -0.25) is 0 Å². The van der Waals surface area contributed by atoms with Crippen LogP contribution in [-0.2, 0) is 4.74 Å². The Morgan fingerprint density at radius 3 is 2.85 bits per heavy atom. The van der Waals surface area contributed by atoms with Crippen LogP contribution >= 0.6 is 23.2 Å². The molecule has 140 valence electrons. The fraction of sp³-hybridized carbons (Fsp3) is 0.286. The zero-order chi connectivity index (χ0) is 19.1. The molecule has 2 aromatic carbocycles. The van der Waals surface area contributed by atoms with E-state index >= 15 is 0 Å². The smallest absolute Gasteiger partial charge is 0.338 e. The van der Waals surface area contributed by atoms with Crippen LogP contribution in [0.15, 0.2) is 42.5 Å². The number of phenols is 1. The first-order valence-electron chi connectivity index (χ1n) is 8.91. The fourth-order valence-electron chi connectivity index (χ4n) is 4.07. The minimum atomic E-state index is -0.319. The summed E-state index contributed by atoms with van der Waals surface area (Å²) >= 11 is 12.3. The van der Waals surface area contributed by atoms with Crippen molar-refractivity contribution in [3.8, 4) is 5.75 Å². The maximum atomic E-state index is 12.1. The Bertz CT molecular complexity index is 941. The number of allylic oxidation sites excluding steroid dienone is 2. The quantitative estimate of drug-likeness (QED) is 0.509. The second-order valence-corrected chi connectivity index (χ2v) is 7.67. The van der Waals surface area contributed by atoms with Crippen molar-refractivity contribution in [1.82, 2.24) is 0 Å². The van der Waals surface area contributed by atoms with E-state index in [1.54, 1.807) is 19.1 Å². The van der Waals surface area contributed by atoms with Crippen LogP contribution in [0.3, 0.4) is 0 Å². The number of aromatic hydroxyl groups is 1. The van der Waals surface area contributed by atoms with Gasteiger partial charge in [0.1, 0.15) is 5.75 Å². The van der Waals surface area contributed by atoms with Crippen LogP contribution in [0.5, 0.6) is 5.75 Å². The van der Waals surface area contributed by atoms with Gasteiger partial charge in [-0.1, -0.05) is 35.4 Å². The molecule has 0 fully saturated rings. The number of esters is 1. The van der Waals surface area contributed by atoms with E-state index in [0.717, 1.165) is 17.7 Å². The molecular weight excluding hydrogens is 385 g/mol. The van der Waals surface area contributed by atoms with Crippen LogP contribution in [0, 0.1) is 5.92 Å². The van der Waals surface area contributed by atoms with Gasteiger partial charge in [0, 0.05) is 22.2 Å². The van der Waals surface area contributed by atoms with Gasteiger partial charge in [-0.25, -0.2) is 4.79 Å². The number of ether oxygens (including phenoxy) is 1. The number of rotatable bonds is 3. The van der Waals surface area contributed by atoms with E-state index in [1.165, 1.54) is 6.07 Å². The van der Waals surface area contributed by atoms with Crippen molar-refractivity contribution in [2.24, 2.45) is 5.92 Å². The van der Waals surface area contributed by atoms with Crippen LogP contribution in [0.1, 0.15) is 46.8 Å². The Labute approximate surface area is 167 Å². The number of carbonyl (C=O) groups excluding carboxylic acids is 1. The highest BCUT2D eigenvalue weighted by Crippen LogP contribution is 2.52. The highest BCUT2D eigenvalue weighted by atomic mass is 35.5. The number of nitrogens with one attached hydrogen (secondary N) is 1. The molecule has 2 N–H and O–H groups in total. The average Bonchev–Trinajstić information content (AvgIpc) is 3.14. The number of hydrogen-bond donors (Lipinski definition) is 2. The largest absolute Gasteiger partial charge is 0.506 e. The lowest BCUT2D eigenvalue weighted by Crippen LogP contribution is -2.29. The summed E-state index contributed by atoms with van der Waals surface area (Å²) < 4.78 is 5.12. The summed E-state index contributed by atoms with van der Waals surface area (Å²) in [4.78, 5) is 12.1. The maximum Gasteiger partial charge on any atom is 0.338 e. The van der Waals surface area contributed by atoms with E-state index in [4.69, 9.17) is 27.9 Å². The first-order chi connectivity index (χ1) is 13.0. The van der Waals surface area contributed by atoms with Gasteiger partial charge in [0.05, 0.1) is 23.2 Å². The lowest BCUT2D eigenvalue weighted by atomic mass is 9.76. The molecule has 0 saturated heterocycles. The van der Waals surface area contributed by atoms with Gasteiger partial charge in [0.15, 0.2) is 0 Å². The lowest BCUT2D eigenvalue weighted by Gasteiger charge is -2.38. The molecule has 0 saturated carbocycles. The number of fused-ring (bicyclic) bond motifs is 3. The van der Waals surface area contributed by atoms with Gasteiger partial charge in [-0.2, -0.15) is 0 Å². The molecule has 0 spiro atoms. The predicted octanol–water partition coefficient (Wildman–Crippen LogP) is 5.70. The third kappa shape index (κ3) is 3.17. The zero-order valence-electron chi connectivity index (χ0n) is 14.7. The lowest BCUT2D eigenvalue weighted by molar-refractivity contribution is 0.0526. The van der Waals surface area contributed by atoms with Crippen LogP contribution < -0.4 is 5.32 Å². The Morgan fingerprint density at radius 1 is 1.26 bits per heavy atom. The van der Waals surface area contributed by atoms with Crippen LogP contribution in [0.2, 0.25) is 10.0 Å². The topological polar surface area (TPSA) is 58.6 Å². The van der Waals surface area contributed by atoms with E-state index < -0.39 is 0 Å². The highest BCUT2D eigenvalue weighted by molar-refractivity contribution is 6.35. The molecule has 1 heterocycles. The van der Waals surface area contributed by atoms with Gasteiger partial charge < -0.3 is 15.2 Å². The van der Waals surface area contributed by atoms with Crippen molar-refractivity contribution >= 4 is 34.9 Å². The summed E-state index contributed by atoms with van der Waals surface area (Å²) in [7, 11) is 0. The number of carbonyl (C=O) groups is 1. The number of phenolic OH excluding ortho intramolecular Hbond substituents is 1. The molecule has 1 aliphatic heterocycles. The van der Waals surface area contributed by atoms with Gasteiger partial charge >= 0.3 is 5.97 Å². The normalized spacial score (nSPS) is 22.7. The molecule has 0 amide bonds. The summed E-state index contributed by atoms with van der Waals surface area (Å²) in [6.45, 7) is 2.14. The standard InChI is InChI=1S/C21H19Cl2NO3/c1-2-27-21(26)11-6-7-18-15(8-11)13-4-3-5-14(13)19(24-18)16-9-12(22)10-17(23)20(16)25/h3-4,6-10,13-14,19,24-25H,2,5H2,1H3. The average molecular weight is 404 g/mol. The van der Waals surface area contributed by atoms with E-state index in [2.05, 4.69) is 17.5 Å². The van der Waals surface area contributed by atoms with Crippen LogP contribution in [0.4, 0.5) is 5.69 Å². The molecule has 0 radical (unpaired) electrons. The Morgan fingerprint density at radius 2 is 2.07 bits per heavy atom. The molecule has 0 bridgehead atoms. The molecule has 2 aliphatic rings. The van der Waals surface area contributed by atoms with Crippen LogP contribution in [0.25, 0.3) is 0 Å². The molecule has 0 aromatic heterocycles. The summed E-state index contributed by atoms with van der Waals surface area (Å²) in [6, 6.07) is 8.70. The first-order valence-corrected chi connectivity index (χ1v) is 9.67. The van der Waals surface area contributed by atoms with Crippen molar-refractivity contribution < 1.29 is 14.6 Å². The summed E-state index contributed by atoms with van der Waals surface area (Å²) in [6.07, 6.45) is 5.16. The third-order valence-corrected chi connectivity index (χ3v) is 5.77. The molecule has 4 nitrogen and oxygen atoms in total. The fourth-order valence-corrected chi connectivity index (χ4v) is 4.58. The van der Waals surface area contributed by atoms with E-state index in [0.29, 0.717) is 22.8 Å². The maximum absolute atomic E-state index is 12.1. The second-order valence-electron chi connectivity index (χ2n) is 6.82. The number of anilines is 1. The van der Waals surface area contributed by atoms with Crippen molar-refractivity contribution in [3.63, 3.8) is 0 Å². The third-order valence-electron chi connectivity index (χ3n) is 5.27. The van der Waals surface area contributed by atoms with E-state index in [1.807, 2.05) is 12.1 Å². The molecule has 3 unspecified atom stereocenters. The molecule has 3 atom stereocenters. The van der Waals surface area contributed by atoms with Crippen molar-refractivity contribution in [2.75, 3.05) is 11.9 Å². The second kappa shape index (κ2) is 7.10. The van der Waals surface area contributed by atoms with Crippen molar-refractivity contribution in [3.05, 3.63) is 69.2 Å². The van der Waals surface area contributed by atoms with Gasteiger partial charge in [-0.15, -0.1) is 0 Å². The summed E-state index contributed by atoms with van der Waals surface area (Å²) in [5.41, 5.74) is 3.22. The number of hydrogen-bond acceptors (Lipinski definition) is 4. The first kappa shape index (κ1) is 18.2. The Balaban J connectivity index is 1.76. The van der Waals surface area contributed by atoms with E-state index in [-0.39, 0.29) is 34.6 Å². The molecule has 2 aromatic rings. The van der Waals surface area contributed by atoms with Crippen LogP contribution in [-0.4, -0.2) is 17.7 Å². The molecule has 6 heteroatoms. The van der Waals surface area contributed by atoms with Gasteiger partial charge in [-0.05, 0) is 55.2 Å². The van der Waals surface area contributed by atoms with Gasteiger partial charge in [0.25, 0.3) is 0 Å². The molecule has 4 rings (SSSR count). The van der Waals surface area contributed by atoms with E-state index in [9.17, 15) is 9.90 Å². The highest BCUT2D eigenvalue weighted by Gasteiger charge is 2.39. The summed E-state index contributed by atoms with van der Waals surface area (Å²) in [5.74, 6) is 0.0594. The van der Waals surface area contributed by atoms with Crippen molar-refractivity contribution in [1.29, 1.82) is 0 Å². The molecule has 1 aliphatic carbocycles. The monoisotopic (exact) mass is 403 g/mol. The predicted molar refractivity (Wildman–Crippen MR) is 107 cm³/mol. The Kier molecular flexibility index (Phi) is 4.79. The van der Waals surface area contributed by atoms with Crippen molar-refractivity contribution in [2.45, 2.75) is 25.3 Å².